The van der Waals surface area contributed by atoms with Crippen molar-refractivity contribution in [2.45, 2.75) is 13.1 Å². The van der Waals surface area contributed by atoms with Gasteiger partial charge in [0, 0.05) is 69.8 Å². The Morgan fingerprint density at radius 3 is 2.27 bits per heavy atom. The Balaban J connectivity index is 1.36. The molecule has 2 saturated heterocycles. The molecule has 2 aliphatic heterocycles. The van der Waals surface area contributed by atoms with E-state index >= 15 is 0 Å². The van der Waals surface area contributed by atoms with E-state index in [1.54, 1.807) is 4.90 Å². The fourth-order valence-electron chi connectivity index (χ4n) is 3.96. The molecule has 1 aromatic heterocycles. The number of nitrogens with one attached hydrogen (secondary N) is 1. The molecule has 0 atom stereocenters. The van der Waals surface area contributed by atoms with Crippen LogP contribution in [0.25, 0.3) is 0 Å². The molecule has 2 aromatic rings. The quantitative estimate of drug-likeness (QED) is 0.755. The summed E-state index contributed by atoms with van der Waals surface area (Å²) in [6, 6.07) is 6.22. The Morgan fingerprint density at radius 2 is 1.61 bits per heavy atom. The van der Waals surface area contributed by atoms with E-state index in [0.717, 1.165) is 49.8 Å². The zero-order valence-corrected chi connectivity index (χ0v) is 18.8. The molecule has 1 aromatic carbocycles. The molecular weight excluding hydrogens is 435 g/mol. The van der Waals surface area contributed by atoms with E-state index in [2.05, 4.69) is 27.1 Å². The number of hydrogen-bond donors (Lipinski definition) is 1. The highest BCUT2D eigenvalue weighted by atomic mass is 19.4. The van der Waals surface area contributed by atoms with Crippen molar-refractivity contribution in [2.75, 3.05) is 74.5 Å². The van der Waals surface area contributed by atoms with Crippen LogP contribution in [-0.2, 0) is 6.18 Å². The van der Waals surface area contributed by atoms with E-state index in [0.29, 0.717) is 32.1 Å². The van der Waals surface area contributed by atoms with E-state index < -0.39 is 17.8 Å². The molecular formula is C22H28F3N7O. The summed E-state index contributed by atoms with van der Waals surface area (Å²) >= 11 is 0. The number of aryl methyl sites for hydroxylation is 1. The zero-order valence-electron chi connectivity index (χ0n) is 18.8. The van der Waals surface area contributed by atoms with Crippen molar-refractivity contribution in [1.82, 2.24) is 19.8 Å². The van der Waals surface area contributed by atoms with Crippen molar-refractivity contribution in [3.63, 3.8) is 0 Å². The molecule has 0 radical (unpaired) electrons. The average molecular weight is 464 g/mol. The van der Waals surface area contributed by atoms with Gasteiger partial charge in [0.2, 0.25) is 5.95 Å². The van der Waals surface area contributed by atoms with Gasteiger partial charge in [0.1, 0.15) is 5.82 Å². The molecule has 1 N–H and O–H groups in total. The van der Waals surface area contributed by atoms with Crippen LogP contribution in [0.1, 0.15) is 11.3 Å². The molecule has 11 heteroatoms. The molecule has 0 spiro atoms. The fraction of sp³-hybridized carbons (Fsp3) is 0.500. The lowest BCUT2D eigenvalue weighted by molar-refractivity contribution is -0.137. The first-order chi connectivity index (χ1) is 15.7. The van der Waals surface area contributed by atoms with Gasteiger partial charge in [0.15, 0.2) is 0 Å². The van der Waals surface area contributed by atoms with Crippen molar-refractivity contribution in [2.24, 2.45) is 0 Å². The predicted octanol–water partition coefficient (Wildman–Crippen LogP) is 2.91. The number of amides is 2. The number of benzene rings is 1. The third-order valence-electron chi connectivity index (χ3n) is 5.95. The fourth-order valence-corrected chi connectivity index (χ4v) is 3.96. The number of halogens is 3. The maximum absolute atomic E-state index is 12.9. The van der Waals surface area contributed by atoms with E-state index in [1.807, 2.05) is 17.9 Å². The molecule has 8 nitrogen and oxygen atoms in total. The van der Waals surface area contributed by atoms with Gasteiger partial charge in [0.25, 0.3) is 0 Å². The monoisotopic (exact) mass is 463 g/mol. The summed E-state index contributed by atoms with van der Waals surface area (Å²) in [6.45, 7) is 7.67. The number of carbonyl (C=O) groups excluding carboxylic acids is 1. The standard InChI is InChI=1S/C22H28F3N7O/c1-16-14-19(30-8-6-29(2)7-9-30)28-20(26-16)31-10-12-32(13-11-31)21(33)27-18-5-3-4-17(15-18)22(23,24)25/h3-5,14-15H,6-13H2,1-2H3,(H,27,33). The Morgan fingerprint density at radius 1 is 0.939 bits per heavy atom. The second kappa shape index (κ2) is 9.42. The molecule has 33 heavy (non-hydrogen) atoms. The summed E-state index contributed by atoms with van der Waals surface area (Å²) in [6.07, 6.45) is -4.46. The van der Waals surface area contributed by atoms with Gasteiger partial charge in [-0.2, -0.15) is 18.2 Å². The van der Waals surface area contributed by atoms with Crippen LogP contribution < -0.4 is 15.1 Å². The first kappa shape index (κ1) is 23.1. The molecule has 4 rings (SSSR count). The lowest BCUT2D eigenvalue weighted by Gasteiger charge is -2.36. The van der Waals surface area contributed by atoms with Crippen molar-refractivity contribution >= 4 is 23.5 Å². The third kappa shape index (κ3) is 5.65. The number of nitrogens with zero attached hydrogens (tertiary/aromatic N) is 6. The number of anilines is 3. The average Bonchev–Trinajstić information content (AvgIpc) is 2.79. The summed E-state index contributed by atoms with van der Waals surface area (Å²) in [5.74, 6) is 1.55. The van der Waals surface area contributed by atoms with E-state index in [4.69, 9.17) is 4.98 Å². The number of carbonyl (C=O) groups is 1. The van der Waals surface area contributed by atoms with Crippen molar-refractivity contribution in [3.8, 4) is 0 Å². The van der Waals surface area contributed by atoms with Crippen LogP contribution in [0.5, 0.6) is 0 Å². The molecule has 0 unspecified atom stereocenters. The van der Waals surface area contributed by atoms with Crippen LogP contribution in [0, 0.1) is 6.92 Å². The molecule has 2 aliphatic rings. The maximum atomic E-state index is 12.9. The number of urea groups is 1. The second-order valence-electron chi connectivity index (χ2n) is 8.44. The molecule has 0 aliphatic carbocycles. The minimum Gasteiger partial charge on any atom is -0.354 e. The summed E-state index contributed by atoms with van der Waals surface area (Å²) in [5, 5.41) is 2.57. The minimum atomic E-state index is -4.46. The number of likely N-dealkylation sites (N-methyl/N-ethyl adjacent to an activating group) is 1. The van der Waals surface area contributed by atoms with Crippen LogP contribution in [0.15, 0.2) is 30.3 Å². The summed E-state index contributed by atoms with van der Waals surface area (Å²) in [7, 11) is 2.11. The Bertz CT molecular complexity index is 984. The molecule has 2 fully saturated rings. The Kier molecular flexibility index (Phi) is 6.59. The smallest absolute Gasteiger partial charge is 0.354 e. The normalized spacial score (nSPS) is 17.9. The van der Waals surface area contributed by atoms with Gasteiger partial charge >= 0.3 is 12.2 Å². The Labute approximate surface area is 191 Å². The third-order valence-corrected chi connectivity index (χ3v) is 5.95. The van der Waals surface area contributed by atoms with E-state index in [1.165, 1.54) is 12.1 Å². The van der Waals surface area contributed by atoms with Gasteiger partial charge in [-0.3, -0.25) is 0 Å². The Hall–Kier alpha value is -3.08. The highest BCUT2D eigenvalue weighted by Crippen LogP contribution is 2.30. The second-order valence-corrected chi connectivity index (χ2v) is 8.44. The maximum Gasteiger partial charge on any atom is 0.416 e. The lowest BCUT2D eigenvalue weighted by Crippen LogP contribution is -2.50. The highest BCUT2D eigenvalue weighted by molar-refractivity contribution is 5.89. The SMILES string of the molecule is Cc1cc(N2CCN(C)CC2)nc(N2CCN(C(=O)Nc3cccc(C(F)(F)F)c3)CC2)n1. The van der Waals surface area contributed by atoms with E-state index in [-0.39, 0.29) is 5.69 Å². The number of rotatable bonds is 3. The van der Waals surface area contributed by atoms with Gasteiger partial charge in [-0.15, -0.1) is 0 Å². The minimum absolute atomic E-state index is 0.121. The molecule has 178 valence electrons. The molecule has 0 bridgehead atoms. The van der Waals surface area contributed by atoms with Crippen LogP contribution in [0.3, 0.4) is 0 Å². The van der Waals surface area contributed by atoms with Crippen LogP contribution in [0.4, 0.5) is 35.4 Å². The van der Waals surface area contributed by atoms with E-state index in [9.17, 15) is 18.0 Å². The summed E-state index contributed by atoms with van der Waals surface area (Å²) in [4.78, 5) is 30.1. The zero-order chi connectivity index (χ0) is 23.6. The lowest BCUT2D eigenvalue weighted by atomic mass is 10.2. The van der Waals surface area contributed by atoms with Gasteiger partial charge in [-0.25, -0.2) is 9.78 Å². The van der Waals surface area contributed by atoms with Crippen molar-refractivity contribution < 1.29 is 18.0 Å². The predicted molar refractivity (Wildman–Crippen MR) is 121 cm³/mol. The number of alkyl halides is 3. The van der Waals surface area contributed by atoms with Gasteiger partial charge in [0.05, 0.1) is 5.56 Å². The molecule has 3 heterocycles. The first-order valence-electron chi connectivity index (χ1n) is 11.0. The molecule has 0 saturated carbocycles. The number of hydrogen-bond acceptors (Lipinski definition) is 6. The first-order valence-corrected chi connectivity index (χ1v) is 11.0. The van der Waals surface area contributed by atoms with Crippen molar-refractivity contribution in [1.29, 1.82) is 0 Å². The van der Waals surface area contributed by atoms with Gasteiger partial charge in [-0.1, -0.05) is 6.07 Å². The van der Waals surface area contributed by atoms with Crippen LogP contribution in [-0.4, -0.2) is 85.2 Å². The van der Waals surface area contributed by atoms with Gasteiger partial charge in [-0.05, 0) is 32.2 Å². The summed E-state index contributed by atoms with van der Waals surface area (Å²) in [5.41, 5.74) is 0.215. The largest absolute Gasteiger partial charge is 0.416 e. The van der Waals surface area contributed by atoms with Crippen molar-refractivity contribution in [3.05, 3.63) is 41.6 Å². The van der Waals surface area contributed by atoms with Crippen LogP contribution in [0.2, 0.25) is 0 Å². The van der Waals surface area contributed by atoms with Crippen LogP contribution >= 0.6 is 0 Å². The van der Waals surface area contributed by atoms with Gasteiger partial charge < -0.3 is 24.9 Å². The topological polar surface area (TPSA) is 67.8 Å². The number of piperazine rings is 2. The summed E-state index contributed by atoms with van der Waals surface area (Å²) < 4.78 is 38.7. The number of aromatic nitrogens is 2. The highest BCUT2D eigenvalue weighted by Gasteiger charge is 2.31. The molecule has 2 amide bonds.